The van der Waals surface area contributed by atoms with Crippen LogP contribution < -0.4 is 10.1 Å². The van der Waals surface area contributed by atoms with Crippen LogP contribution in [0.5, 0.6) is 11.5 Å². The Kier molecular flexibility index (Phi) is 4.10. The lowest BCUT2D eigenvalue weighted by molar-refractivity contribution is 0.470. The van der Waals surface area contributed by atoms with Gasteiger partial charge in [-0.25, -0.2) is 0 Å². The summed E-state index contributed by atoms with van der Waals surface area (Å²) in [5.41, 5.74) is 0.959. The number of nitrogens with zero attached hydrogens (tertiary/aromatic N) is 1. The molecule has 3 nitrogen and oxygen atoms in total. The zero-order valence-electron chi connectivity index (χ0n) is 10.8. The van der Waals surface area contributed by atoms with Crippen molar-refractivity contribution in [1.29, 1.82) is 0 Å². The van der Waals surface area contributed by atoms with Gasteiger partial charge in [0.05, 0.1) is 11.2 Å². The lowest BCUT2D eigenvalue weighted by atomic mass is 10.2. The minimum absolute atomic E-state index is 0.544. The number of hydrogen-bond acceptors (Lipinski definition) is 3. The molecule has 0 bridgehead atoms. The SMILES string of the molecule is Clc1cncc(Oc2cccc(Cl)c2CNC2CC2)c1. The van der Waals surface area contributed by atoms with Gasteiger partial charge in [0, 0.05) is 35.4 Å². The van der Waals surface area contributed by atoms with E-state index in [0.717, 1.165) is 11.3 Å². The van der Waals surface area contributed by atoms with Gasteiger partial charge in [-0.05, 0) is 25.0 Å². The summed E-state index contributed by atoms with van der Waals surface area (Å²) in [6.07, 6.45) is 5.67. The Hall–Kier alpha value is -1.29. The third-order valence-electron chi connectivity index (χ3n) is 3.13. The molecule has 1 aliphatic rings. The summed E-state index contributed by atoms with van der Waals surface area (Å²) in [6, 6.07) is 7.99. The molecule has 1 N–H and O–H groups in total. The van der Waals surface area contributed by atoms with E-state index in [-0.39, 0.29) is 0 Å². The second-order valence-electron chi connectivity index (χ2n) is 4.81. The van der Waals surface area contributed by atoms with Crippen molar-refractivity contribution in [1.82, 2.24) is 10.3 Å². The van der Waals surface area contributed by atoms with Gasteiger partial charge in [0.1, 0.15) is 11.5 Å². The van der Waals surface area contributed by atoms with Crippen LogP contribution in [0.2, 0.25) is 10.0 Å². The topological polar surface area (TPSA) is 34.1 Å². The Labute approximate surface area is 127 Å². The molecule has 1 aliphatic carbocycles. The van der Waals surface area contributed by atoms with E-state index in [2.05, 4.69) is 10.3 Å². The molecule has 0 spiro atoms. The highest BCUT2D eigenvalue weighted by atomic mass is 35.5. The summed E-state index contributed by atoms with van der Waals surface area (Å²) in [7, 11) is 0. The van der Waals surface area contributed by atoms with Crippen LogP contribution in [-0.2, 0) is 6.54 Å². The monoisotopic (exact) mass is 308 g/mol. The molecular weight excluding hydrogens is 295 g/mol. The van der Waals surface area contributed by atoms with Gasteiger partial charge in [-0.2, -0.15) is 0 Å². The van der Waals surface area contributed by atoms with Crippen molar-refractivity contribution in [2.45, 2.75) is 25.4 Å². The molecule has 20 heavy (non-hydrogen) atoms. The lowest BCUT2D eigenvalue weighted by Crippen LogP contribution is -2.16. The van der Waals surface area contributed by atoms with Crippen LogP contribution in [0.4, 0.5) is 0 Å². The predicted molar refractivity (Wildman–Crippen MR) is 80.6 cm³/mol. The molecule has 0 atom stereocenters. The zero-order chi connectivity index (χ0) is 13.9. The third-order valence-corrected chi connectivity index (χ3v) is 3.69. The molecule has 5 heteroatoms. The normalized spacial score (nSPS) is 14.3. The molecule has 1 aromatic carbocycles. The average molecular weight is 309 g/mol. The van der Waals surface area contributed by atoms with E-state index in [1.165, 1.54) is 12.8 Å². The summed E-state index contributed by atoms with van der Waals surface area (Å²) in [5, 5.41) is 4.69. The zero-order valence-corrected chi connectivity index (χ0v) is 12.3. The lowest BCUT2D eigenvalue weighted by Gasteiger charge is -2.13. The standard InChI is InChI=1S/C15H14Cl2N2O/c16-10-6-12(8-18-7-10)20-15-3-1-2-14(17)13(15)9-19-11-4-5-11/h1-3,6-8,11,19H,4-5,9H2. The molecule has 0 unspecified atom stereocenters. The Morgan fingerprint density at radius 2 is 2.10 bits per heavy atom. The molecule has 0 saturated heterocycles. The minimum atomic E-state index is 0.544. The molecule has 3 rings (SSSR count). The Morgan fingerprint density at radius 1 is 1.25 bits per heavy atom. The first-order valence-corrected chi connectivity index (χ1v) is 7.27. The van der Waals surface area contributed by atoms with E-state index in [1.54, 1.807) is 18.5 Å². The third kappa shape index (κ3) is 3.42. The van der Waals surface area contributed by atoms with Crippen LogP contribution in [-0.4, -0.2) is 11.0 Å². The largest absolute Gasteiger partial charge is 0.455 e. The molecule has 0 radical (unpaired) electrons. The first kappa shape index (κ1) is 13.7. The number of halogens is 2. The van der Waals surface area contributed by atoms with Gasteiger partial charge >= 0.3 is 0 Å². The highest BCUT2D eigenvalue weighted by molar-refractivity contribution is 6.31. The summed E-state index contributed by atoms with van der Waals surface area (Å²) in [5.74, 6) is 1.34. The minimum Gasteiger partial charge on any atom is -0.455 e. The number of benzene rings is 1. The van der Waals surface area contributed by atoms with Crippen molar-refractivity contribution in [2.75, 3.05) is 0 Å². The molecule has 0 aliphatic heterocycles. The fraction of sp³-hybridized carbons (Fsp3) is 0.267. The van der Waals surface area contributed by atoms with Crippen LogP contribution in [0.25, 0.3) is 0 Å². The van der Waals surface area contributed by atoms with E-state index in [9.17, 15) is 0 Å². The summed E-state index contributed by atoms with van der Waals surface area (Å²) >= 11 is 12.2. The van der Waals surface area contributed by atoms with Crippen molar-refractivity contribution in [2.24, 2.45) is 0 Å². The van der Waals surface area contributed by atoms with Crippen molar-refractivity contribution >= 4 is 23.2 Å². The molecule has 1 heterocycles. The van der Waals surface area contributed by atoms with Crippen molar-refractivity contribution in [3.05, 3.63) is 52.3 Å². The van der Waals surface area contributed by atoms with Gasteiger partial charge in [0.25, 0.3) is 0 Å². The molecule has 104 valence electrons. The van der Waals surface area contributed by atoms with Gasteiger partial charge in [-0.3, -0.25) is 4.98 Å². The molecule has 0 amide bonds. The van der Waals surface area contributed by atoms with E-state index in [4.69, 9.17) is 27.9 Å². The highest BCUT2D eigenvalue weighted by Crippen LogP contribution is 2.31. The summed E-state index contributed by atoms with van der Waals surface area (Å²) in [4.78, 5) is 4.01. The molecule has 1 aromatic heterocycles. The second kappa shape index (κ2) is 6.00. The predicted octanol–water partition coefficient (Wildman–Crippen LogP) is 4.43. The first-order chi connectivity index (χ1) is 9.72. The molecule has 1 fully saturated rings. The van der Waals surface area contributed by atoms with Gasteiger partial charge in [-0.15, -0.1) is 0 Å². The van der Waals surface area contributed by atoms with E-state index in [0.29, 0.717) is 28.4 Å². The summed E-state index contributed by atoms with van der Waals surface area (Å²) < 4.78 is 5.85. The number of pyridine rings is 1. The number of nitrogens with one attached hydrogen (secondary N) is 1. The van der Waals surface area contributed by atoms with E-state index >= 15 is 0 Å². The number of ether oxygens (including phenoxy) is 1. The van der Waals surface area contributed by atoms with Gasteiger partial charge in [0.2, 0.25) is 0 Å². The molecule has 2 aromatic rings. The maximum atomic E-state index is 6.27. The fourth-order valence-electron chi connectivity index (χ4n) is 1.92. The van der Waals surface area contributed by atoms with Crippen molar-refractivity contribution < 1.29 is 4.74 Å². The van der Waals surface area contributed by atoms with Gasteiger partial charge in [0.15, 0.2) is 0 Å². The van der Waals surface area contributed by atoms with Gasteiger partial charge in [-0.1, -0.05) is 29.3 Å². The average Bonchev–Trinajstić information content (AvgIpc) is 3.22. The number of hydrogen-bond donors (Lipinski definition) is 1. The van der Waals surface area contributed by atoms with Crippen LogP contribution in [0, 0.1) is 0 Å². The van der Waals surface area contributed by atoms with Crippen LogP contribution in [0.1, 0.15) is 18.4 Å². The van der Waals surface area contributed by atoms with E-state index < -0.39 is 0 Å². The van der Waals surface area contributed by atoms with E-state index in [1.807, 2.05) is 18.2 Å². The molecule has 1 saturated carbocycles. The number of aromatic nitrogens is 1. The number of rotatable bonds is 5. The van der Waals surface area contributed by atoms with Crippen molar-refractivity contribution in [3.63, 3.8) is 0 Å². The Balaban J connectivity index is 1.82. The van der Waals surface area contributed by atoms with Crippen LogP contribution in [0.15, 0.2) is 36.7 Å². The van der Waals surface area contributed by atoms with Crippen molar-refractivity contribution in [3.8, 4) is 11.5 Å². The van der Waals surface area contributed by atoms with Gasteiger partial charge < -0.3 is 10.1 Å². The Bertz CT molecular complexity index is 615. The quantitative estimate of drug-likeness (QED) is 0.887. The van der Waals surface area contributed by atoms with Crippen LogP contribution in [0.3, 0.4) is 0 Å². The highest BCUT2D eigenvalue weighted by Gasteiger charge is 2.21. The van der Waals surface area contributed by atoms with Crippen LogP contribution >= 0.6 is 23.2 Å². The summed E-state index contributed by atoms with van der Waals surface area (Å²) in [6.45, 7) is 0.702. The smallest absolute Gasteiger partial charge is 0.147 e. The maximum absolute atomic E-state index is 6.27. The fourth-order valence-corrected chi connectivity index (χ4v) is 2.31. The Morgan fingerprint density at radius 3 is 2.85 bits per heavy atom. The maximum Gasteiger partial charge on any atom is 0.147 e. The first-order valence-electron chi connectivity index (χ1n) is 6.51. The molecular formula is C15H14Cl2N2O. The second-order valence-corrected chi connectivity index (χ2v) is 5.66.